The van der Waals surface area contributed by atoms with E-state index < -0.39 is 23.5 Å². The molecule has 1 atom stereocenters. The van der Waals surface area contributed by atoms with Crippen LogP contribution in [-0.2, 0) is 11.3 Å². The summed E-state index contributed by atoms with van der Waals surface area (Å²) in [4.78, 5) is 28.2. The predicted octanol–water partition coefficient (Wildman–Crippen LogP) is 5.18. The van der Waals surface area contributed by atoms with Crippen LogP contribution in [0.1, 0.15) is 27.9 Å². The van der Waals surface area contributed by atoms with Crippen LogP contribution in [0.15, 0.2) is 75.0 Å². The summed E-state index contributed by atoms with van der Waals surface area (Å²) in [7, 11) is 2.84. The summed E-state index contributed by atoms with van der Waals surface area (Å²) in [6.45, 7) is -0.0340. The van der Waals surface area contributed by atoms with Crippen molar-refractivity contribution in [1.82, 2.24) is 4.90 Å². The highest BCUT2D eigenvalue weighted by Crippen LogP contribution is 2.43. The molecule has 184 valence electrons. The number of aliphatic hydroxyl groups excluding tert-OH is 1. The second kappa shape index (κ2) is 9.01. The smallest absolute Gasteiger partial charge is 0.290 e. The molecule has 0 bridgehead atoms. The molecule has 0 spiro atoms. The number of amides is 1. The Balaban J connectivity index is 1.63. The van der Waals surface area contributed by atoms with E-state index in [1.54, 1.807) is 30.3 Å². The molecule has 10 heteroatoms. The summed E-state index contributed by atoms with van der Waals surface area (Å²) in [5.74, 6) is -1.54. The highest BCUT2D eigenvalue weighted by molar-refractivity contribution is 6.31. The van der Waals surface area contributed by atoms with Gasteiger partial charge in [-0.1, -0.05) is 17.7 Å². The number of rotatable bonds is 7. The van der Waals surface area contributed by atoms with E-state index in [4.69, 9.17) is 29.9 Å². The number of halogens is 1. The van der Waals surface area contributed by atoms with Gasteiger partial charge in [0.25, 0.3) is 5.91 Å². The lowest BCUT2D eigenvalue weighted by molar-refractivity contribution is -0.130. The minimum atomic E-state index is -1.05. The largest absolute Gasteiger partial charge is 0.504 e. The number of aromatic hydroxyl groups is 1. The number of carbonyl (C=O) groups excluding carboxylic acids is 2. The second-order valence-electron chi connectivity index (χ2n) is 8.07. The van der Waals surface area contributed by atoms with Crippen molar-refractivity contribution >= 4 is 34.3 Å². The number of nitrogens with zero attached hydrogens (tertiary/aromatic N) is 1. The summed E-state index contributed by atoms with van der Waals surface area (Å²) < 4.78 is 21.6. The van der Waals surface area contributed by atoms with Gasteiger partial charge in [0, 0.05) is 16.5 Å². The van der Waals surface area contributed by atoms with Crippen molar-refractivity contribution in [2.45, 2.75) is 12.6 Å². The van der Waals surface area contributed by atoms with Crippen molar-refractivity contribution < 1.29 is 38.1 Å². The predicted molar refractivity (Wildman–Crippen MR) is 128 cm³/mol. The molecule has 1 unspecified atom stereocenters. The molecule has 5 rings (SSSR count). The second-order valence-corrected chi connectivity index (χ2v) is 8.51. The van der Waals surface area contributed by atoms with Crippen molar-refractivity contribution in [2.75, 3.05) is 14.2 Å². The van der Waals surface area contributed by atoms with Crippen LogP contribution < -0.4 is 9.47 Å². The average Bonchev–Trinajstić information content (AvgIpc) is 3.58. The number of ether oxygens (including phenoxy) is 2. The minimum Gasteiger partial charge on any atom is -0.504 e. The van der Waals surface area contributed by atoms with Crippen molar-refractivity contribution in [3.05, 3.63) is 88.2 Å². The molecule has 0 radical (unpaired) electrons. The quantitative estimate of drug-likeness (QED) is 0.327. The highest BCUT2D eigenvalue weighted by Gasteiger charge is 2.45. The molecule has 0 saturated carbocycles. The Morgan fingerprint density at radius 2 is 1.86 bits per heavy atom. The molecule has 1 amide bonds. The van der Waals surface area contributed by atoms with Gasteiger partial charge in [0.1, 0.15) is 5.76 Å². The first-order valence-corrected chi connectivity index (χ1v) is 11.1. The molecule has 3 heterocycles. The lowest BCUT2D eigenvalue weighted by Gasteiger charge is -2.26. The third-order valence-electron chi connectivity index (χ3n) is 5.96. The summed E-state index contributed by atoms with van der Waals surface area (Å²) in [6.07, 6.45) is 1.45. The third-order valence-corrected chi connectivity index (χ3v) is 6.18. The lowest BCUT2D eigenvalue weighted by Crippen LogP contribution is -2.30. The number of phenols is 1. The summed E-state index contributed by atoms with van der Waals surface area (Å²) in [6, 6.07) is 11.4. The van der Waals surface area contributed by atoms with Gasteiger partial charge in [0.05, 0.1) is 38.6 Å². The molecule has 0 fully saturated rings. The molecule has 9 nitrogen and oxygen atoms in total. The molecular formula is C26H20ClNO8. The number of hydrogen-bond donors (Lipinski definition) is 2. The average molecular weight is 510 g/mol. The van der Waals surface area contributed by atoms with Crippen molar-refractivity contribution in [3.8, 4) is 17.2 Å². The van der Waals surface area contributed by atoms with Gasteiger partial charge in [-0.3, -0.25) is 9.59 Å². The normalized spacial score (nSPS) is 15.7. The van der Waals surface area contributed by atoms with Gasteiger partial charge in [-0.2, -0.15) is 0 Å². The van der Waals surface area contributed by atoms with Crippen molar-refractivity contribution in [1.29, 1.82) is 0 Å². The van der Waals surface area contributed by atoms with E-state index >= 15 is 0 Å². The molecule has 1 aliphatic heterocycles. The number of methoxy groups -OCH3 is 2. The van der Waals surface area contributed by atoms with Gasteiger partial charge in [0.2, 0.25) is 5.78 Å². The van der Waals surface area contributed by atoms with Gasteiger partial charge < -0.3 is 33.4 Å². The van der Waals surface area contributed by atoms with Crippen LogP contribution in [0.25, 0.3) is 11.0 Å². The molecule has 2 aromatic heterocycles. The maximum Gasteiger partial charge on any atom is 0.290 e. The number of hydrogen-bond acceptors (Lipinski definition) is 8. The zero-order chi connectivity index (χ0) is 25.6. The van der Waals surface area contributed by atoms with Gasteiger partial charge in [-0.15, -0.1) is 0 Å². The maximum absolute atomic E-state index is 13.7. The molecule has 1 aliphatic rings. The maximum atomic E-state index is 13.7. The highest BCUT2D eigenvalue weighted by atomic mass is 35.5. The molecule has 0 saturated heterocycles. The van der Waals surface area contributed by atoms with Crippen molar-refractivity contribution in [2.24, 2.45) is 0 Å². The summed E-state index contributed by atoms with van der Waals surface area (Å²) in [5, 5.41) is 22.2. The van der Waals surface area contributed by atoms with Crippen LogP contribution >= 0.6 is 11.6 Å². The van der Waals surface area contributed by atoms with Gasteiger partial charge >= 0.3 is 0 Å². The first-order valence-electron chi connectivity index (χ1n) is 10.8. The Morgan fingerprint density at radius 1 is 1.08 bits per heavy atom. The number of phenolic OH excluding ortho intramolecular Hbond substituents is 1. The Hall–Kier alpha value is -4.37. The first-order chi connectivity index (χ1) is 17.3. The minimum absolute atomic E-state index is 0.0340. The monoisotopic (exact) mass is 509 g/mol. The number of carbonyl (C=O) groups is 2. The van der Waals surface area contributed by atoms with Crippen LogP contribution in [0, 0.1) is 0 Å². The zero-order valence-corrected chi connectivity index (χ0v) is 19.9. The van der Waals surface area contributed by atoms with Crippen LogP contribution in [-0.4, -0.2) is 41.0 Å². The molecule has 2 aromatic carbocycles. The molecular weight excluding hydrogens is 490 g/mol. The standard InChI is InChI=1S/C26H20ClNO8/c1-33-18-6-5-13(9-17(18)29)22-21(24(31)26(32)28(22)12-16-4-3-7-35-16)23(30)19-10-14-8-15(27)11-20(34-2)25(14)36-19/h3-11,22,29,31H,12H2,1-2H3. The van der Waals surface area contributed by atoms with E-state index in [2.05, 4.69) is 0 Å². The Morgan fingerprint density at radius 3 is 2.53 bits per heavy atom. The van der Waals surface area contributed by atoms with E-state index in [9.17, 15) is 19.8 Å². The Labute approximate surface area is 209 Å². The van der Waals surface area contributed by atoms with E-state index in [1.807, 2.05) is 0 Å². The Bertz CT molecular complexity index is 1520. The number of ketones is 1. The molecule has 4 aromatic rings. The van der Waals surface area contributed by atoms with Crippen LogP contribution in [0.2, 0.25) is 5.02 Å². The number of aliphatic hydroxyl groups is 1. The third kappa shape index (κ3) is 3.83. The summed E-state index contributed by atoms with van der Waals surface area (Å²) >= 11 is 6.14. The van der Waals surface area contributed by atoms with Gasteiger partial charge in [-0.25, -0.2) is 0 Å². The number of fused-ring (bicyclic) bond motifs is 1. The first kappa shape index (κ1) is 23.4. The topological polar surface area (TPSA) is 123 Å². The van der Waals surface area contributed by atoms with Gasteiger partial charge in [-0.05, 0) is 42.0 Å². The van der Waals surface area contributed by atoms with E-state index in [-0.39, 0.29) is 29.4 Å². The molecule has 2 N–H and O–H groups in total. The fourth-order valence-electron chi connectivity index (χ4n) is 4.32. The zero-order valence-electron chi connectivity index (χ0n) is 19.1. The van der Waals surface area contributed by atoms with Crippen LogP contribution in [0.5, 0.6) is 17.2 Å². The number of benzene rings is 2. The summed E-state index contributed by atoms with van der Waals surface area (Å²) in [5.41, 5.74) is 0.457. The van der Waals surface area contributed by atoms with E-state index in [0.717, 1.165) is 0 Å². The fraction of sp³-hybridized carbons (Fsp3) is 0.154. The van der Waals surface area contributed by atoms with E-state index in [1.165, 1.54) is 43.6 Å². The lowest BCUT2D eigenvalue weighted by atomic mass is 9.94. The van der Waals surface area contributed by atoms with Crippen LogP contribution in [0.4, 0.5) is 0 Å². The fourth-order valence-corrected chi connectivity index (χ4v) is 4.54. The molecule has 0 aliphatic carbocycles. The van der Waals surface area contributed by atoms with Crippen LogP contribution in [0.3, 0.4) is 0 Å². The number of furan rings is 2. The van der Waals surface area contributed by atoms with Crippen molar-refractivity contribution in [3.63, 3.8) is 0 Å². The van der Waals surface area contributed by atoms with E-state index in [0.29, 0.717) is 33.1 Å². The SMILES string of the molecule is COc1ccc(C2C(C(=O)c3cc4cc(Cl)cc(OC)c4o3)=C(O)C(=O)N2Cc2ccco2)cc1O. The number of Topliss-reactive ketones (excluding diaryl/α,β-unsaturated/α-hetero) is 1. The molecule has 36 heavy (non-hydrogen) atoms. The van der Waals surface area contributed by atoms with Gasteiger partial charge in [0.15, 0.2) is 34.4 Å². The Kier molecular flexibility index (Phi) is 5.85.